The van der Waals surface area contributed by atoms with E-state index >= 15 is 0 Å². The second-order valence-electron chi connectivity index (χ2n) is 4.65. The standard InChI is InChI=1S/C16H16ClFN2O/c1-2-20(10-12-5-3-4-6-13(12)17)16(21)11-7-8-14(18)15(19)9-11/h3-9H,2,10,19H2,1H3. The maximum atomic E-state index is 13.2. The lowest BCUT2D eigenvalue weighted by molar-refractivity contribution is 0.0752. The molecule has 2 N–H and O–H groups in total. The Bertz CT molecular complexity index is 660. The van der Waals surface area contributed by atoms with Crippen molar-refractivity contribution in [3.8, 4) is 0 Å². The summed E-state index contributed by atoms with van der Waals surface area (Å²) in [6, 6.07) is 11.4. The maximum Gasteiger partial charge on any atom is 0.254 e. The molecule has 2 aromatic rings. The molecule has 0 aromatic heterocycles. The van der Waals surface area contributed by atoms with Gasteiger partial charge in [0.2, 0.25) is 0 Å². The molecule has 21 heavy (non-hydrogen) atoms. The zero-order valence-corrected chi connectivity index (χ0v) is 12.4. The van der Waals surface area contributed by atoms with Crippen molar-refractivity contribution in [1.82, 2.24) is 4.90 Å². The molecule has 2 rings (SSSR count). The van der Waals surface area contributed by atoms with Crippen molar-refractivity contribution in [2.45, 2.75) is 13.5 Å². The predicted molar refractivity (Wildman–Crippen MR) is 82.7 cm³/mol. The second kappa shape index (κ2) is 6.59. The number of hydrogen-bond donors (Lipinski definition) is 1. The monoisotopic (exact) mass is 306 g/mol. The third kappa shape index (κ3) is 3.52. The zero-order chi connectivity index (χ0) is 15.4. The number of rotatable bonds is 4. The van der Waals surface area contributed by atoms with Gasteiger partial charge in [0.15, 0.2) is 0 Å². The topological polar surface area (TPSA) is 46.3 Å². The first-order valence-electron chi connectivity index (χ1n) is 6.60. The third-order valence-corrected chi connectivity index (χ3v) is 3.60. The highest BCUT2D eigenvalue weighted by Gasteiger charge is 2.16. The Morgan fingerprint density at radius 3 is 2.62 bits per heavy atom. The number of nitrogen functional groups attached to an aromatic ring is 1. The molecule has 0 heterocycles. The second-order valence-corrected chi connectivity index (χ2v) is 5.05. The normalized spacial score (nSPS) is 10.4. The van der Waals surface area contributed by atoms with E-state index in [4.69, 9.17) is 17.3 Å². The van der Waals surface area contributed by atoms with Crippen LogP contribution in [0.3, 0.4) is 0 Å². The molecule has 0 spiro atoms. The molecular weight excluding hydrogens is 291 g/mol. The lowest BCUT2D eigenvalue weighted by atomic mass is 10.1. The summed E-state index contributed by atoms with van der Waals surface area (Å²) in [7, 11) is 0. The van der Waals surface area contributed by atoms with Crippen LogP contribution in [0.15, 0.2) is 42.5 Å². The number of amides is 1. The van der Waals surface area contributed by atoms with Crippen LogP contribution in [-0.4, -0.2) is 17.4 Å². The van der Waals surface area contributed by atoms with Crippen molar-refractivity contribution < 1.29 is 9.18 Å². The van der Waals surface area contributed by atoms with Crippen molar-refractivity contribution in [3.63, 3.8) is 0 Å². The number of hydrogen-bond acceptors (Lipinski definition) is 2. The maximum absolute atomic E-state index is 13.2. The molecule has 3 nitrogen and oxygen atoms in total. The van der Waals surface area contributed by atoms with Gasteiger partial charge in [0.25, 0.3) is 5.91 Å². The van der Waals surface area contributed by atoms with E-state index < -0.39 is 5.82 Å². The molecule has 1 amide bonds. The summed E-state index contributed by atoms with van der Waals surface area (Å²) in [6.45, 7) is 2.79. The van der Waals surface area contributed by atoms with Crippen LogP contribution in [0.25, 0.3) is 0 Å². The molecule has 0 atom stereocenters. The smallest absolute Gasteiger partial charge is 0.254 e. The van der Waals surface area contributed by atoms with E-state index in [1.165, 1.54) is 18.2 Å². The Kier molecular flexibility index (Phi) is 4.81. The molecule has 0 saturated heterocycles. The van der Waals surface area contributed by atoms with Crippen LogP contribution in [0, 0.1) is 5.82 Å². The summed E-state index contributed by atoms with van der Waals surface area (Å²) in [6.07, 6.45) is 0. The van der Waals surface area contributed by atoms with Crippen molar-refractivity contribution >= 4 is 23.2 Å². The molecule has 0 radical (unpaired) electrons. The van der Waals surface area contributed by atoms with Crippen molar-refractivity contribution in [3.05, 3.63) is 64.4 Å². The van der Waals surface area contributed by atoms with Gasteiger partial charge in [-0.3, -0.25) is 4.79 Å². The molecule has 2 aromatic carbocycles. The van der Waals surface area contributed by atoms with Gasteiger partial charge in [-0.2, -0.15) is 0 Å². The van der Waals surface area contributed by atoms with E-state index in [1.807, 2.05) is 25.1 Å². The number of anilines is 1. The van der Waals surface area contributed by atoms with Crippen LogP contribution in [-0.2, 0) is 6.54 Å². The third-order valence-electron chi connectivity index (χ3n) is 3.23. The van der Waals surface area contributed by atoms with E-state index in [0.29, 0.717) is 23.7 Å². The van der Waals surface area contributed by atoms with Crippen molar-refractivity contribution in [1.29, 1.82) is 0 Å². The fraction of sp³-hybridized carbons (Fsp3) is 0.188. The molecule has 0 unspecified atom stereocenters. The van der Waals surface area contributed by atoms with Crippen LogP contribution in [0.5, 0.6) is 0 Å². The minimum absolute atomic E-state index is 0.0327. The summed E-state index contributed by atoms with van der Waals surface area (Å²) in [5.74, 6) is -0.732. The van der Waals surface area contributed by atoms with Gasteiger partial charge in [-0.1, -0.05) is 29.8 Å². The number of nitrogens with zero attached hydrogens (tertiary/aromatic N) is 1. The summed E-state index contributed by atoms with van der Waals surface area (Å²) >= 11 is 6.11. The molecule has 0 saturated carbocycles. The van der Waals surface area contributed by atoms with Crippen LogP contribution >= 0.6 is 11.6 Å². The van der Waals surface area contributed by atoms with Gasteiger partial charge < -0.3 is 10.6 Å². The Labute approximate surface area is 128 Å². The van der Waals surface area contributed by atoms with Gasteiger partial charge in [0.1, 0.15) is 5.82 Å². The Morgan fingerprint density at radius 1 is 1.29 bits per heavy atom. The molecule has 0 aliphatic rings. The average molecular weight is 307 g/mol. The highest BCUT2D eigenvalue weighted by Crippen LogP contribution is 2.19. The van der Waals surface area contributed by atoms with E-state index in [1.54, 1.807) is 11.0 Å². The average Bonchev–Trinajstić information content (AvgIpc) is 2.48. The minimum Gasteiger partial charge on any atom is -0.396 e. The van der Waals surface area contributed by atoms with Crippen LogP contribution < -0.4 is 5.73 Å². The van der Waals surface area contributed by atoms with E-state index in [9.17, 15) is 9.18 Å². The first-order valence-corrected chi connectivity index (χ1v) is 6.98. The number of carbonyl (C=O) groups excluding carboxylic acids is 1. The first kappa shape index (κ1) is 15.3. The summed E-state index contributed by atoms with van der Waals surface area (Å²) in [4.78, 5) is 14.1. The minimum atomic E-state index is -0.527. The SMILES string of the molecule is CCN(Cc1ccccc1Cl)C(=O)c1ccc(F)c(N)c1. The summed E-state index contributed by atoms with van der Waals surface area (Å²) in [5.41, 5.74) is 6.71. The van der Waals surface area contributed by atoms with Crippen LogP contribution in [0.4, 0.5) is 10.1 Å². The molecule has 0 aliphatic carbocycles. The largest absolute Gasteiger partial charge is 0.396 e. The number of benzene rings is 2. The summed E-state index contributed by atoms with van der Waals surface area (Å²) < 4.78 is 13.2. The molecule has 0 bridgehead atoms. The Hall–Kier alpha value is -2.07. The number of nitrogens with two attached hydrogens (primary N) is 1. The van der Waals surface area contributed by atoms with Crippen molar-refractivity contribution in [2.24, 2.45) is 0 Å². The molecule has 0 aliphatic heterocycles. The quantitative estimate of drug-likeness (QED) is 0.875. The molecule has 110 valence electrons. The Balaban J connectivity index is 2.22. The van der Waals surface area contributed by atoms with E-state index in [2.05, 4.69) is 0 Å². The fourth-order valence-corrected chi connectivity index (χ4v) is 2.21. The predicted octanol–water partition coefficient (Wildman–Crippen LogP) is 3.72. The fourth-order valence-electron chi connectivity index (χ4n) is 2.02. The lowest BCUT2D eigenvalue weighted by Crippen LogP contribution is -2.30. The van der Waals surface area contributed by atoms with Gasteiger partial charge in [-0.25, -0.2) is 4.39 Å². The van der Waals surface area contributed by atoms with Gasteiger partial charge in [-0.15, -0.1) is 0 Å². The lowest BCUT2D eigenvalue weighted by Gasteiger charge is -2.22. The first-order chi connectivity index (χ1) is 10.0. The van der Waals surface area contributed by atoms with Crippen LogP contribution in [0.1, 0.15) is 22.8 Å². The van der Waals surface area contributed by atoms with Crippen molar-refractivity contribution in [2.75, 3.05) is 12.3 Å². The Morgan fingerprint density at radius 2 is 2.00 bits per heavy atom. The van der Waals surface area contributed by atoms with Gasteiger partial charge >= 0.3 is 0 Å². The number of carbonyl (C=O) groups is 1. The number of halogens is 2. The van der Waals surface area contributed by atoms with Gasteiger partial charge in [-0.05, 0) is 36.8 Å². The molecule has 0 fully saturated rings. The van der Waals surface area contributed by atoms with E-state index in [-0.39, 0.29) is 11.6 Å². The highest BCUT2D eigenvalue weighted by atomic mass is 35.5. The highest BCUT2D eigenvalue weighted by molar-refractivity contribution is 6.31. The van der Waals surface area contributed by atoms with Crippen LogP contribution in [0.2, 0.25) is 5.02 Å². The van der Waals surface area contributed by atoms with Gasteiger partial charge in [0.05, 0.1) is 5.69 Å². The molecule has 5 heteroatoms. The summed E-state index contributed by atoms with van der Waals surface area (Å²) in [5, 5.41) is 0.613. The molecular formula is C16H16ClFN2O. The van der Waals surface area contributed by atoms with E-state index in [0.717, 1.165) is 5.56 Å². The zero-order valence-electron chi connectivity index (χ0n) is 11.6. The van der Waals surface area contributed by atoms with Gasteiger partial charge in [0, 0.05) is 23.7 Å².